The van der Waals surface area contributed by atoms with E-state index in [1.807, 2.05) is 44.2 Å². The van der Waals surface area contributed by atoms with Gasteiger partial charge in [0.15, 0.2) is 6.54 Å². The molecule has 0 radical (unpaired) electrons. The first-order valence-electron chi connectivity index (χ1n) is 9.15. The molecule has 0 atom stereocenters. The maximum Gasteiger partial charge on any atom is 0.279 e. The van der Waals surface area contributed by atoms with Crippen molar-refractivity contribution in [1.82, 2.24) is 0 Å². The highest BCUT2D eigenvalue weighted by molar-refractivity contribution is 5.93. The molecule has 2 N–H and O–H groups in total. The molecule has 3 rings (SSSR count). The lowest BCUT2D eigenvalue weighted by Crippen LogP contribution is -3.15. The number of amides is 1. The monoisotopic (exact) mass is 354 g/mol. The first-order valence-corrected chi connectivity index (χ1v) is 9.15. The van der Waals surface area contributed by atoms with Crippen molar-refractivity contribution in [2.45, 2.75) is 13.8 Å². The number of nitrogens with one attached hydrogen (secondary N) is 2. The van der Waals surface area contributed by atoms with Crippen LogP contribution in [0.25, 0.3) is 0 Å². The van der Waals surface area contributed by atoms with Crippen molar-refractivity contribution in [3.8, 4) is 5.75 Å². The highest BCUT2D eigenvalue weighted by atomic mass is 16.5. The standard InChI is InChI=1S/C21H27N3O2/c1-16-6-4-7-17(2)21(16)22-20(25)15-23-10-12-24(13-11-23)18-8-5-9-19(14-18)26-3/h4-9,14H,10-13,15H2,1-3H3,(H,22,25)/p+1. The molecule has 0 aromatic heterocycles. The Hall–Kier alpha value is -2.53. The molecular formula is C21H28N3O2+. The second-order valence-corrected chi connectivity index (χ2v) is 6.93. The summed E-state index contributed by atoms with van der Waals surface area (Å²) in [4.78, 5) is 16.1. The Kier molecular flexibility index (Phi) is 5.78. The van der Waals surface area contributed by atoms with Gasteiger partial charge in [0, 0.05) is 17.4 Å². The van der Waals surface area contributed by atoms with Crippen LogP contribution >= 0.6 is 0 Å². The van der Waals surface area contributed by atoms with E-state index in [4.69, 9.17) is 4.74 Å². The molecule has 2 aromatic carbocycles. The quantitative estimate of drug-likeness (QED) is 0.858. The fraction of sp³-hybridized carbons (Fsp3) is 0.381. The molecule has 1 fully saturated rings. The number of hydrogen-bond acceptors (Lipinski definition) is 3. The topological polar surface area (TPSA) is 46.0 Å². The van der Waals surface area contributed by atoms with Crippen LogP contribution in [-0.4, -0.2) is 45.7 Å². The first kappa shape index (κ1) is 18.3. The lowest BCUT2D eigenvalue weighted by Gasteiger charge is -2.33. The van der Waals surface area contributed by atoms with Crippen LogP contribution in [-0.2, 0) is 4.79 Å². The zero-order valence-electron chi connectivity index (χ0n) is 15.8. The van der Waals surface area contributed by atoms with E-state index in [9.17, 15) is 4.79 Å². The third-order valence-corrected chi connectivity index (χ3v) is 5.05. The Bertz CT molecular complexity index is 747. The Morgan fingerprint density at radius 3 is 2.42 bits per heavy atom. The van der Waals surface area contributed by atoms with Crippen LogP contribution in [0.1, 0.15) is 11.1 Å². The molecule has 5 heteroatoms. The van der Waals surface area contributed by atoms with Crippen molar-refractivity contribution >= 4 is 17.3 Å². The maximum absolute atomic E-state index is 12.5. The van der Waals surface area contributed by atoms with Gasteiger partial charge < -0.3 is 19.9 Å². The van der Waals surface area contributed by atoms with Crippen molar-refractivity contribution in [3.63, 3.8) is 0 Å². The number of methoxy groups -OCH3 is 1. The number of carbonyl (C=O) groups is 1. The molecule has 1 heterocycles. The van der Waals surface area contributed by atoms with Gasteiger partial charge >= 0.3 is 0 Å². The van der Waals surface area contributed by atoms with Gasteiger partial charge in [0.1, 0.15) is 5.75 Å². The summed E-state index contributed by atoms with van der Waals surface area (Å²) < 4.78 is 5.31. The number of carbonyl (C=O) groups excluding carboxylic acids is 1. The summed E-state index contributed by atoms with van der Waals surface area (Å²) in [6.07, 6.45) is 0. The third-order valence-electron chi connectivity index (χ3n) is 5.05. The lowest BCUT2D eigenvalue weighted by atomic mass is 10.1. The number of anilines is 2. The largest absolute Gasteiger partial charge is 0.497 e. The minimum Gasteiger partial charge on any atom is -0.497 e. The Morgan fingerprint density at radius 2 is 1.77 bits per heavy atom. The summed E-state index contributed by atoms with van der Waals surface area (Å²) in [6.45, 7) is 8.37. The van der Waals surface area contributed by atoms with Crippen molar-refractivity contribution in [3.05, 3.63) is 53.6 Å². The van der Waals surface area contributed by atoms with Crippen LogP contribution in [0, 0.1) is 13.8 Å². The number of quaternary nitrogens is 1. The molecule has 138 valence electrons. The van der Waals surface area contributed by atoms with E-state index < -0.39 is 0 Å². The fourth-order valence-electron chi connectivity index (χ4n) is 3.49. The van der Waals surface area contributed by atoms with Gasteiger partial charge in [0.2, 0.25) is 0 Å². The molecule has 0 unspecified atom stereocenters. The highest BCUT2D eigenvalue weighted by Crippen LogP contribution is 2.21. The van der Waals surface area contributed by atoms with Gasteiger partial charge in [0.05, 0.1) is 33.3 Å². The Morgan fingerprint density at radius 1 is 1.12 bits per heavy atom. The molecule has 0 saturated carbocycles. The minimum atomic E-state index is 0.0900. The van der Waals surface area contributed by atoms with Gasteiger partial charge in [-0.2, -0.15) is 0 Å². The van der Waals surface area contributed by atoms with Gasteiger partial charge in [-0.3, -0.25) is 4.79 Å². The van der Waals surface area contributed by atoms with Gasteiger partial charge in [-0.1, -0.05) is 24.3 Å². The van der Waals surface area contributed by atoms with E-state index in [0.29, 0.717) is 6.54 Å². The first-order chi connectivity index (χ1) is 12.6. The van der Waals surface area contributed by atoms with Crippen LogP contribution in [0.5, 0.6) is 5.75 Å². The Labute approximate surface area is 155 Å². The number of para-hydroxylation sites is 1. The number of aryl methyl sites for hydroxylation is 2. The fourth-order valence-corrected chi connectivity index (χ4v) is 3.49. The van der Waals surface area contributed by atoms with Crippen molar-refractivity contribution < 1.29 is 14.4 Å². The summed E-state index contributed by atoms with van der Waals surface area (Å²) in [5, 5.41) is 3.09. The van der Waals surface area contributed by atoms with E-state index in [2.05, 4.69) is 22.3 Å². The van der Waals surface area contributed by atoms with Crippen molar-refractivity contribution in [1.29, 1.82) is 0 Å². The molecule has 26 heavy (non-hydrogen) atoms. The molecule has 1 aliphatic heterocycles. The zero-order valence-corrected chi connectivity index (χ0v) is 15.8. The predicted molar refractivity (Wildman–Crippen MR) is 105 cm³/mol. The van der Waals surface area contributed by atoms with Crippen molar-refractivity contribution in [2.24, 2.45) is 0 Å². The normalized spacial score (nSPS) is 15.0. The molecule has 0 spiro atoms. The van der Waals surface area contributed by atoms with Gasteiger partial charge in [-0.25, -0.2) is 0 Å². The summed E-state index contributed by atoms with van der Waals surface area (Å²) in [5.41, 5.74) is 4.35. The summed E-state index contributed by atoms with van der Waals surface area (Å²) in [5.74, 6) is 0.970. The average Bonchev–Trinajstić information content (AvgIpc) is 2.65. The third kappa shape index (κ3) is 4.35. The summed E-state index contributed by atoms with van der Waals surface area (Å²) >= 11 is 0. The number of rotatable bonds is 5. The van der Waals surface area contributed by atoms with E-state index in [1.54, 1.807) is 7.11 Å². The van der Waals surface area contributed by atoms with Crippen molar-refractivity contribution in [2.75, 3.05) is 50.1 Å². The van der Waals surface area contributed by atoms with Gasteiger partial charge in [-0.05, 0) is 37.1 Å². The predicted octanol–water partition coefficient (Wildman–Crippen LogP) is 1.66. The summed E-state index contributed by atoms with van der Waals surface area (Å²) in [7, 11) is 1.69. The van der Waals surface area contributed by atoms with E-state index in [1.165, 1.54) is 10.6 Å². The SMILES string of the molecule is COc1cccc(N2CC[NH+](CC(=O)Nc3c(C)cccc3C)CC2)c1. The van der Waals surface area contributed by atoms with Crippen LogP contribution < -0.4 is 19.9 Å². The smallest absolute Gasteiger partial charge is 0.279 e. The van der Waals surface area contributed by atoms with E-state index in [0.717, 1.165) is 48.7 Å². The molecule has 1 saturated heterocycles. The van der Waals surface area contributed by atoms with Gasteiger partial charge in [-0.15, -0.1) is 0 Å². The molecular weight excluding hydrogens is 326 g/mol. The molecule has 2 aromatic rings. The van der Waals surface area contributed by atoms with E-state index in [-0.39, 0.29) is 5.91 Å². The molecule has 0 aliphatic carbocycles. The van der Waals surface area contributed by atoms with Crippen LogP contribution in [0.3, 0.4) is 0 Å². The second-order valence-electron chi connectivity index (χ2n) is 6.93. The van der Waals surface area contributed by atoms with Crippen LogP contribution in [0.15, 0.2) is 42.5 Å². The molecule has 1 amide bonds. The number of ether oxygens (including phenoxy) is 1. The lowest BCUT2D eigenvalue weighted by molar-refractivity contribution is -0.892. The molecule has 0 bridgehead atoms. The number of hydrogen-bond donors (Lipinski definition) is 2. The molecule has 5 nitrogen and oxygen atoms in total. The number of benzene rings is 2. The van der Waals surface area contributed by atoms with E-state index >= 15 is 0 Å². The minimum absolute atomic E-state index is 0.0900. The van der Waals surface area contributed by atoms with Crippen LogP contribution in [0.2, 0.25) is 0 Å². The second kappa shape index (κ2) is 8.23. The number of nitrogens with zero attached hydrogens (tertiary/aromatic N) is 1. The van der Waals surface area contributed by atoms with Gasteiger partial charge in [0.25, 0.3) is 5.91 Å². The zero-order chi connectivity index (χ0) is 18.5. The number of piperazine rings is 1. The maximum atomic E-state index is 12.5. The molecule has 1 aliphatic rings. The highest BCUT2D eigenvalue weighted by Gasteiger charge is 2.23. The summed E-state index contributed by atoms with van der Waals surface area (Å²) in [6, 6.07) is 14.2. The Balaban J connectivity index is 1.53. The van der Waals surface area contributed by atoms with Crippen LogP contribution in [0.4, 0.5) is 11.4 Å². The average molecular weight is 354 g/mol.